The van der Waals surface area contributed by atoms with E-state index in [0.717, 1.165) is 12.0 Å². The van der Waals surface area contributed by atoms with Gasteiger partial charge in [0.05, 0.1) is 5.02 Å². The molecule has 6 nitrogen and oxygen atoms in total. The van der Waals surface area contributed by atoms with E-state index in [0.29, 0.717) is 36.3 Å². The normalized spacial score (nSPS) is 10.8. The van der Waals surface area contributed by atoms with E-state index in [9.17, 15) is 0 Å². The van der Waals surface area contributed by atoms with Gasteiger partial charge in [-0.2, -0.15) is 0 Å². The minimum atomic E-state index is 0.542. The van der Waals surface area contributed by atoms with Gasteiger partial charge in [0.15, 0.2) is 5.82 Å². The third-order valence-electron chi connectivity index (χ3n) is 2.63. The number of aromatic nitrogens is 4. The molecule has 0 aliphatic rings. The highest BCUT2D eigenvalue weighted by molar-refractivity contribution is 6.33. The number of nitrogens with two attached hydrogens (primary N) is 1. The lowest BCUT2D eigenvalue weighted by Gasteiger charge is -2.06. The van der Waals surface area contributed by atoms with Gasteiger partial charge in [-0.3, -0.25) is 0 Å². The van der Waals surface area contributed by atoms with E-state index in [1.54, 1.807) is 16.8 Å². The molecule has 2 aromatic rings. The summed E-state index contributed by atoms with van der Waals surface area (Å²) in [4.78, 5) is 0. The van der Waals surface area contributed by atoms with Gasteiger partial charge in [0.25, 0.3) is 0 Å². The minimum absolute atomic E-state index is 0.542. The molecule has 0 saturated heterocycles. The van der Waals surface area contributed by atoms with Gasteiger partial charge in [0.2, 0.25) is 0 Å². The average molecular weight is 282 g/mol. The van der Waals surface area contributed by atoms with Crippen LogP contribution in [0.2, 0.25) is 5.02 Å². The Bertz CT molecular complexity index is 543. The number of hydrogen-bond acceptors (Lipinski definition) is 5. The Labute approximate surface area is 116 Å². The van der Waals surface area contributed by atoms with Crippen LogP contribution in [0, 0.1) is 0 Å². The molecule has 0 saturated carbocycles. The van der Waals surface area contributed by atoms with Crippen LogP contribution in [-0.2, 0) is 11.3 Å². The largest absolute Gasteiger partial charge is 0.399 e. The maximum Gasteiger partial charge on any atom is 0.183 e. The highest BCUT2D eigenvalue weighted by Crippen LogP contribution is 2.27. The predicted molar refractivity (Wildman–Crippen MR) is 73.8 cm³/mol. The van der Waals surface area contributed by atoms with Crippen molar-refractivity contribution in [3.63, 3.8) is 0 Å². The standard InChI is InChI=1S/C12H16ClN5O/c1-2-19-7-3-6-18-12(15-16-17-18)10-5-4-9(14)8-11(10)13/h4-5,8H,2-3,6-7,14H2,1H3. The Morgan fingerprint density at radius 1 is 1.42 bits per heavy atom. The van der Waals surface area contributed by atoms with Crippen molar-refractivity contribution >= 4 is 17.3 Å². The fourth-order valence-electron chi connectivity index (χ4n) is 1.72. The number of nitrogens with zero attached hydrogens (tertiary/aromatic N) is 4. The van der Waals surface area contributed by atoms with E-state index in [1.165, 1.54) is 0 Å². The predicted octanol–water partition coefficient (Wildman–Crippen LogP) is 2.00. The van der Waals surface area contributed by atoms with Gasteiger partial charge in [-0.05, 0) is 42.0 Å². The number of rotatable bonds is 6. The van der Waals surface area contributed by atoms with Gasteiger partial charge in [-0.25, -0.2) is 4.68 Å². The first-order chi connectivity index (χ1) is 9.22. The second kappa shape index (κ2) is 6.49. The van der Waals surface area contributed by atoms with Crippen LogP contribution in [0.25, 0.3) is 11.4 Å². The lowest BCUT2D eigenvalue weighted by molar-refractivity contribution is 0.140. The second-order valence-corrected chi connectivity index (χ2v) is 4.42. The third kappa shape index (κ3) is 3.42. The third-order valence-corrected chi connectivity index (χ3v) is 2.94. The molecule has 0 spiro atoms. The van der Waals surface area contributed by atoms with E-state index in [2.05, 4.69) is 15.5 Å². The van der Waals surface area contributed by atoms with E-state index in [-0.39, 0.29) is 0 Å². The van der Waals surface area contributed by atoms with Crippen LogP contribution in [0.5, 0.6) is 0 Å². The summed E-state index contributed by atoms with van der Waals surface area (Å²) in [6.45, 7) is 4.05. The molecule has 0 fully saturated rings. The van der Waals surface area contributed by atoms with Crippen molar-refractivity contribution in [2.24, 2.45) is 0 Å². The van der Waals surface area contributed by atoms with Gasteiger partial charge in [0.1, 0.15) is 0 Å². The summed E-state index contributed by atoms with van der Waals surface area (Å²) < 4.78 is 7.01. The van der Waals surface area contributed by atoms with Crippen molar-refractivity contribution < 1.29 is 4.74 Å². The molecule has 0 atom stereocenters. The first-order valence-corrected chi connectivity index (χ1v) is 6.49. The Morgan fingerprint density at radius 2 is 2.26 bits per heavy atom. The van der Waals surface area contributed by atoms with Crippen molar-refractivity contribution in [3.8, 4) is 11.4 Å². The molecule has 2 N–H and O–H groups in total. The number of halogens is 1. The fourth-order valence-corrected chi connectivity index (χ4v) is 2.00. The van der Waals surface area contributed by atoms with Crippen LogP contribution >= 0.6 is 11.6 Å². The molecule has 1 heterocycles. The molecule has 0 amide bonds. The van der Waals surface area contributed by atoms with Crippen LogP contribution in [0.1, 0.15) is 13.3 Å². The Balaban J connectivity index is 2.14. The molecule has 0 bridgehead atoms. The van der Waals surface area contributed by atoms with Gasteiger partial charge in [-0.15, -0.1) is 5.10 Å². The molecular weight excluding hydrogens is 266 g/mol. The highest BCUT2D eigenvalue weighted by atomic mass is 35.5. The van der Waals surface area contributed by atoms with E-state index in [4.69, 9.17) is 22.1 Å². The van der Waals surface area contributed by atoms with Crippen molar-refractivity contribution in [2.45, 2.75) is 19.9 Å². The van der Waals surface area contributed by atoms with E-state index in [1.807, 2.05) is 13.0 Å². The van der Waals surface area contributed by atoms with Gasteiger partial charge >= 0.3 is 0 Å². The van der Waals surface area contributed by atoms with E-state index < -0.39 is 0 Å². The number of tetrazole rings is 1. The number of benzene rings is 1. The lowest BCUT2D eigenvalue weighted by atomic mass is 10.2. The van der Waals surface area contributed by atoms with Crippen LogP contribution in [-0.4, -0.2) is 33.4 Å². The van der Waals surface area contributed by atoms with E-state index >= 15 is 0 Å². The summed E-state index contributed by atoms with van der Waals surface area (Å²) in [5.41, 5.74) is 7.06. The maximum atomic E-state index is 6.16. The molecule has 1 aromatic heterocycles. The van der Waals surface area contributed by atoms with Crippen molar-refractivity contribution in [2.75, 3.05) is 18.9 Å². The zero-order valence-corrected chi connectivity index (χ0v) is 11.5. The van der Waals surface area contributed by atoms with Crippen LogP contribution in [0.4, 0.5) is 5.69 Å². The summed E-state index contributed by atoms with van der Waals surface area (Å²) in [5.74, 6) is 0.640. The first-order valence-electron chi connectivity index (χ1n) is 6.11. The second-order valence-electron chi connectivity index (χ2n) is 4.02. The number of ether oxygens (including phenoxy) is 1. The molecule has 19 heavy (non-hydrogen) atoms. The minimum Gasteiger partial charge on any atom is -0.399 e. The summed E-state index contributed by atoms with van der Waals surface area (Å²) in [6, 6.07) is 5.29. The smallest absolute Gasteiger partial charge is 0.183 e. The molecular formula is C12H16ClN5O. The Kier molecular flexibility index (Phi) is 4.70. The van der Waals surface area contributed by atoms with Crippen molar-refractivity contribution in [1.29, 1.82) is 0 Å². The zero-order valence-electron chi connectivity index (χ0n) is 10.7. The van der Waals surface area contributed by atoms with Crippen LogP contribution in [0.3, 0.4) is 0 Å². The molecule has 7 heteroatoms. The molecule has 102 valence electrons. The van der Waals surface area contributed by atoms with Crippen molar-refractivity contribution in [3.05, 3.63) is 23.2 Å². The zero-order chi connectivity index (χ0) is 13.7. The fraction of sp³-hybridized carbons (Fsp3) is 0.417. The molecule has 1 aromatic carbocycles. The number of aryl methyl sites for hydroxylation is 1. The Hall–Kier alpha value is -1.66. The molecule has 0 radical (unpaired) electrons. The number of anilines is 1. The monoisotopic (exact) mass is 281 g/mol. The molecule has 2 rings (SSSR count). The maximum absolute atomic E-state index is 6.16. The molecule has 0 aliphatic carbocycles. The first kappa shape index (κ1) is 13.8. The van der Waals surface area contributed by atoms with Crippen LogP contribution in [0.15, 0.2) is 18.2 Å². The number of hydrogen-bond donors (Lipinski definition) is 1. The molecule has 0 unspecified atom stereocenters. The Morgan fingerprint density at radius 3 is 3.00 bits per heavy atom. The summed E-state index contributed by atoms with van der Waals surface area (Å²) in [5, 5.41) is 12.2. The van der Waals surface area contributed by atoms with Crippen LogP contribution < -0.4 is 5.73 Å². The molecule has 0 aliphatic heterocycles. The van der Waals surface area contributed by atoms with Gasteiger partial charge in [0, 0.05) is 31.0 Å². The average Bonchev–Trinajstić information content (AvgIpc) is 2.83. The van der Waals surface area contributed by atoms with Gasteiger partial charge < -0.3 is 10.5 Å². The summed E-state index contributed by atoms with van der Waals surface area (Å²) >= 11 is 6.16. The quantitative estimate of drug-likeness (QED) is 0.647. The lowest BCUT2D eigenvalue weighted by Crippen LogP contribution is -2.06. The SMILES string of the molecule is CCOCCCn1nnnc1-c1ccc(N)cc1Cl. The number of nitrogen functional groups attached to an aromatic ring is 1. The summed E-state index contributed by atoms with van der Waals surface area (Å²) in [7, 11) is 0. The summed E-state index contributed by atoms with van der Waals surface area (Å²) in [6.07, 6.45) is 0.846. The highest BCUT2D eigenvalue weighted by Gasteiger charge is 2.12. The van der Waals surface area contributed by atoms with Gasteiger partial charge in [-0.1, -0.05) is 11.6 Å². The topological polar surface area (TPSA) is 78.8 Å². The van der Waals surface area contributed by atoms with Crippen molar-refractivity contribution in [1.82, 2.24) is 20.2 Å².